The van der Waals surface area contributed by atoms with Crippen LogP contribution in [0.5, 0.6) is 5.75 Å². The Morgan fingerprint density at radius 1 is 1.00 bits per heavy atom. The molecule has 0 aliphatic carbocycles. The maximum Gasteiger partial charge on any atom is 0.141 e. The molecule has 0 bridgehead atoms. The van der Waals surface area contributed by atoms with Crippen molar-refractivity contribution in [2.24, 2.45) is 0 Å². The first-order valence-electron chi connectivity index (χ1n) is 10.0. The molecule has 0 aliphatic rings. The van der Waals surface area contributed by atoms with Gasteiger partial charge in [-0.3, -0.25) is 0 Å². The number of rotatable bonds is 10. The van der Waals surface area contributed by atoms with Crippen molar-refractivity contribution in [3.05, 3.63) is 42.5 Å². The van der Waals surface area contributed by atoms with Gasteiger partial charge in [0, 0.05) is 17.0 Å². The highest BCUT2D eigenvalue weighted by Crippen LogP contribution is 2.30. The average Bonchev–Trinajstić information content (AvgIpc) is 3.07. The molecule has 2 aromatic carbocycles. The van der Waals surface area contributed by atoms with Crippen LogP contribution in [0.15, 0.2) is 47.4 Å². The van der Waals surface area contributed by atoms with Gasteiger partial charge in [0.15, 0.2) is 0 Å². The number of unbranched alkanes of at least 4 members (excludes halogenated alkanes) is 3. The molecule has 0 radical (unpaired) electrons. The predicted molar refractivity (Wildman–Crippen MR) is 117 cm³/mol. The highest BCUT2D eigenvalue weighted by atomic mass is 32.2. The summed E-state index contributed by atoms with van der Waals surface area (Å²) in [6.07, 6.45) is 6.18. The zero-order chi connectivity index (χ0) is 19.1. The normalized spacial score (nSPS) is 11.2. The summed E-state index contributed by atoms with van der Waals surface area (Å²) in [7, 11) is 1.71. The number of benzene rings is 2. The molecule has 0 unspecified atom stereocenters. The Bertz CT molecular complexity index is 872. The van der Waals surface area contributed by atoms with E-state index in [1.807, 2.05) is 23.9 Å². The van der Waals surface area contributed by atoms with Crippen LogP contribution in [0.4, 0.5) is 0 Å². The summed E-state index contributed by atoms with van der Waals surface area (Å²) in [6, 6.07) is 14.9. The first-order valence-corrected chi connectivity index (χ1v) is 11.0. The Morgan fingerprint density at radius 2 is 1.89 bits per heavy atom. The van der Waals surface area contributed by atoms with Gasteiger partial charge in [-0.05, 0) is 48.9 Å². The van der Waals surface area contributed by atoms with Gasteiger partial charge in [-0.1, -0.05) is 45.2 Å². The standard InChI is InChI=1S/C23H30N2OS/c1-4-6-7-8-14-25-22-17-20(27-15-5-2)12-13-21(22)24-23(25)18-10-9-11-19(16-18)26-3/h9-13,16-17H,4-8,14-15H2,1-3H3. The monoisotopic (exact) mass is 382 g/mol. The highest BCUT2D eigenvalue weighted by molar-refractivity contribution is 7.99. The number of imidazole rings is 1. The van der Waals surface area contributed by atoms with Crippen LogP contribution in [-0.4, -0.2) is 22.4 Å². The van der Waals surface area contributed by atoms with E-state index in [1.165, 1.54) is 42.5 Å². The summed E-state index contributed by atoms with van der Waals surface area (Å²) in [4.78, 5) is 6.31. The van der Waals surface area contributed by atoms with E-state index in [9.17, 15) is 0 Å². The minimum absolute atomic E-state index is 0.872. The Labute approximate surface area is 167 Å². The van der Waals surface area contributed by atoms with Crippen LogP contribution in [0.1, 0.15) is 46.0 Å². The van der Waals surface area contributed by atoms with Crippen LogP contribution in [0, 0.1) is 0 Å². The summed E-state index contributed by atoms with van der Waals surface area (Å²) in [6.45, 7) is 5.49. The molecular formula is C23H30N2OS. The molecule has 1 aromatic heterocycles. The van der Waals surface area contributed by atoms with Gasteiger partial charge in [0.25, 0.3) is 0 Å². The first-order chi connectivity index (χ1) is 13.3. The Morgan fingerprint density at radius 3 is 2.67 bits per heavy atom. The van der Waals surface area contributed by atoms with Gasteiger partial charge in [-0.15, -0.1) is 11.8 Å². The lowest BCUT2D eigenvalue weighted by molar-refractivity contribution is 0.415. The summed E-state index contributed by atoms with van der Waals surface area (Å²) in [5, 5.41) is 0. The van der Waals surface area contributed by atoms with Crippen LogP contribution in [0.25, 0.3) is 22.4 Å². The Kier molecular flexibility index (Phi) is 7.22. The Hall–Kier alpha value is -1.94. The van der Waals surface area contributed by atoms with Gasteiger partial charge < -0.3 is 9.30 Å². The van der Waals surface area contributed by atoms with Crippen molar-refractivity contribution < 1.29 is 4.74 Å². The van der Waals surface area contributed by atoms with E-state index in [-0.39, 0.29) is 0 Å². The van der Waals surface area contributed by atoms with Gasteiger partial charge >= 0.3 is 0 Å². The molecule has 0 aliphatic heterocycles. The van der Waals surface area contributed by atoms with Crippen molar-refractivity contribution in [1.29, 1.82) is 0 Å². The van der Waals surface area contributed by atoms with Crippen molar-refractivity contribution in [1.82, 2.24) is 9.55 Å². The van der Waals surface area contributed by atoms with E-state index in [4.69, 9.17) is 9.72 Å². The lowest BCUT2D eigenvalue weighted by Gasteiger charge is -2.11. The average molecular weight is 383 g/mol. The van der Waals surface area contributed by atoms with Crippen LogP contribution >= 0.6 is 11.8 Å². The van der Waals surface area contributed by atoms with Gasteiger partial charge in [-0.25, -0.2) is 4.98 Å². The number of aromatic nitrogens is 2. The summed E-state index contributed by atoms with van der Waals surface area (Å²) >= 11 is 1.93. The third kappa shape index (κ3) is 4.86. The number of hydrogen-bond acceptors (Lipinski definition) is 3. The second-order valence-corrected chi connectivity index (χ2v) is 8.05. The molecule has 27 heavy (non-hydrogen) atoms. The predicted octanol–water partition coefficient (Wildman–Crippen LogP) is 6.79. The maximum absolute atomic E-state index is 5.43. The number of aryl methyl sites for hydroxylation is 1. The van der Waals surface area contributed by atoms with Gasteiger partial charge in [0.05, 0.1) is 18.1 Å². The summed E-state index contributed by atoms with van der Waals surface area (Å²) < 4.78 is 7.82. The molecule has 3 rings (SSSR count). The number of methoxy groups -OCH3 is 1. The molecule has 0 atom stereocenters. The fourth-order valence-corrected chi connectivity index (χ4v) is 4.12. The Balaban J connectivity index is 2.01. The van der Waals surface area contributed by atoms with Gasteiger partial charge in [0.2, 0.25) is 0 Å². The number of ether oxygens (including phenoxy) is 1. The molecule has 0 fully saturated rings. The number of hydrogen-bond donors (Lipinski definition) is 0. The first kappa shape index (κ1) is 19.8. The van der Waals surface area contributed by atoms with Crippen molar-refractivity contribution in [3.63, 3.8) is 0 Å². The molecule has 0 saturated carbocycles. The second-order valence-electron chi connectivity index (χ2n) is 6.88. The molecule has 3 aromatic rings. The molecule has 144 valence electrons. The highest BCUT2D eigenvalue weighted by Gasteiger charge is 2.14. The van der Waals surface area contributed by atoms with E-state index in [0.29, 0.717) is 0 Å². The van der Waals surface area contributed by atoms with Crippen LogP contribution in [0.2, 0.25) is 0 Å². The number of thioether (sulfide) groups is 1. The van der Waals surface area contributed by atoms with Crippen molar-refractivity contribution in [3.8, 4) is 17.1 Å². The molecule has 0 amide bonds. The fourth-order valence-electron chi connectivity index (χ4n) is 3.32. The van der Waals surface area contributed by atoms with E-state index in [1.54, 1.807) is 7.11 Å². The van der Waals surface area contributed by atoms with Crippen molar-refractivity contribution in [2.45, 2.75) is 57.4 Å². The summed E-state index contributed by atoms with van der Waals surface area (Å²) in [5.74, 6) is 3.06. The molecule has 0 saturated heterocycles. The fraction of sp³-hybridized carbons (Fsp3) is 0.435. The SMILES string of the molecule is CCCCCCn1c(-c2cccc(OC)c2)nc2ccc(SCCC)cc21. The zero-order valence-electron chi connectivity index (χ0n) is 16.7. The topological polar surface area (TPSA) is 27.1 Å². The van der Waals surface area contributed by atoms with Gasteiger partial charge in [-0.2, -0.15) is 0 Å². The van der Waals surface area contributed by atoms with Crippen molar-refractivity contribution in [2.75, 3.05) is 12.9 Å². The lowest BCUT2D eigenvalue weighted by Crippen LogP contribution is -2.01. The molecule has 3 nitrogen and oxygen atoms in total. The maximum atomic E-state index is 5.43. The van der Waals surface area contributed by atoms with Crippen molar-refractivity contribution >= 4 is 22.8 Å². The van der Waals surface area contributed by atoms with Crippen LogP contribution in [0.3, 0.4) is 0 Å². The quantitative estimate of drug-likeness (QED) is 0.285. The molecule has 4 heteroatoms. The summed E-state index contributed by atoms with van der Waals surface area (Å²) in [5.41, 5.74) is 3.43. The lowest BCUT2D eigenvalue weighted by atomic mass is 10.2. The molecule has 1 heterocycles. The number of fused-ring (bicyclic) bond motifs is 1. The second kappa shape index (κ2) is 9.84. The van der Waals surface area contributed by atoms with E-state index in [2.05, 4.69) is 48.7 Å². The minimum atomic E-state index is 0.872. The van der Waals surface area contributed by atoms with E-state index >= 15 is 0 Å². The van der Waals surface area contributed by atoms with Crippen LogP contribution < -0.4 is 4.74 Å². The zero-order valence-corrected chi connectivity index (χ0v) is 17.5. The molecule has 0 spiro atoms. The van der Waals surface area contributed by atoms with Crippen LogP contribution in [-0.2, 0) is 6.54 Å². The largest absolute Gasteiger partial charge is 0.497 e. The molecule has 0 N–H and O–H groups in total. The van der Waals surface area contributed by atoms with E-state index < -0.39 is 0 Å². The molecular weight excluding hydrogens is 352 g/mol. The third-order valence-electron chi connectivity index (χ3n) is 4.76. The smallest absolute Gasteiger partial charge is 0.141 e. The third-order valence-corrected chi connectivity index (χ3v) is 5.96. The van der Waals surface area contributed by atoms with E-state index in [0.717, 1.165) is 35.0 Å². The number of nitrogens with zero attached hydrogens (tertiary/aromatic N) is 2. The minimum Gasteiger partial charge on any atom is -0.497 e. The van der Waals surface area contributed by atoms with Gasteiger partial charge in [0.1, 0.15) is 11.6 Å².